The van der Waals surface area contributed by atoms with Crippen molar-refractivity contribution in [1.82, 2.24) is 4.98 Å². The molecule has 0 saturated carbocycles. The summed E-state index contributed by atoms with van der Waals surface area (Å²) in [5.41, 5.74) is 1.28. The number of nitrogens with zero attached hydrogens (tertiary/aromatic N) is 1. The van der Waals surface area contributed by atoms with Crippen molar-refractivity contribution >= 4 is 49.9 Å². The number of hydrogen-bond acceptors (Lipinski definition) is 2. The first-order valence-corrected chi connectivity index (χ1v) is 7.41. The van der Waals surface area contributed by atoms with Crippen LogP contribution in [-0.4, -0.2) is 10.9 Å². The van der Waals surface area contributed by atoms with E-state index >= 15 is 0 Å². The van der Waals surface area contributed by atoms with Gasteiger partial charge in [-0.2, -0.15) is 0 Å². The van der Waals surface area contributed by atoms with Gasteiger partial charge in [0, 0.05) is 38.3 Å². The molecule has 1 aromatic heterocycles. The van der Waals surface area contributed by atoms with Crippen LogP contribution < -0.4 is 5.32 Å². The lowest BCUT2D eigenvalue weighted by atomic mass is 10.1. The minimum absolute atomic E-state index is 0.192. The maximum absolute atomic E-state index is 12.4. The molecule has 0 radical (unpaired) electrons. The van der Waals surface area contributed by atoms with Crippen LogP contribution in [0, 0.1) is 0 Å². The molecule has 5 heteroatoms. The lowest BCUT2D eigenvalue weighted by molar-refractivity contribution is 0.102. The van der Waals surface area contributed by atoms with E-state index in [2.05, 4.69) is 26.2 Å². The molecular formula is C16H10BrClN2O. The van der Waals surface area contributed by atoms with Crippen LogP contribution in [0.1, 0.15) is 10.4 Å². The molecule has 0 aliphatic heterocycles. The van der Waals surface area contributed by atoms with E-state index in [1.807, 2.05) is 24.3 Å². The van der Waals surface area contributed by atoms with Crippen molar-refractivity contribution in [3.8, 4) is 0 Å². The highest BCUT2D eigenvalue weighted by Gasteiger charge is 2.12. The normalized spacial score (nSPS) is 10.6. The topological polar surface area (TPSA) is 42.0 Å². The number of benzene rings is 2. The zero-order chi connectivity index (χ0) is 14.8. The molecular weight excluding hydrogens is 352 g/mol. The number of halogens is 2. The number of anilines is 1. The summed E-state index contributed by atoms with van der Waals surface area (Å²) >= 11 is 9.25. The van der Waals surface area contributed by atoms with Gasteiger partial charge >= 0.3 is 0 Å². The van der Waals surface area contributed by atoms with Crippen LogP contribution in [0.3, 0.4) is 0 Å². The van der Waals surface area contributed by atoms with Crippen molar-refractivity contribution in [2.24, 2.45) is 0 Å². The Morgan fingerprint density at radius 1 is 1.19 bits per heavy atom. The Morgan fingerprint density at radius 2 is 2.05 bits per heavy atom. The number of aromatic nitrogens is 1. The lowest BCUT2D eigenvalue weighted by Crippen LogP contribution is -2.12. The maximum atomic E-state index is 12.4. The number of carbonyl (C=O) groups is 1. The number of nitrogens with one attached hydrogen (secondary N) is 1. The van der Waals surface area contributed by atoms with Crippen molar-refractivity contribution < 1.29 is 4.79 Å². The van der Waals surface area contributed by atoms with E-state index in [1.54, 1.807) is 30.6 Å². The third-order valence-corrected chi connectivity index (χ3v) is 4.00. The van der Waals surface area contributed by atoms with Gasteiger partial charge in [0.15, 0.2) is 0 Å². The number of carbonyl (C=O) groups excluding carboxylic acids is 1. The van der Waals surface area contributed by atoms with Crippen molar-refractivity contribution in [3.63, 3.8) is 0 Å². The van der Waals surface area contributed by atoms with Crippen LogP contribution in [0.25, 0.3) is 10.8 Å². The zero-order valence-corrected chi connectivity index (χ0v) is 13.1. The number of rotatable bonds is 2. The second kappa shape index (κ2) is 5.84. The van der Waals surface area contributed by atoms with E-state index in [1.165, 1.54) is 0 Å². The predicted octanol–water partition coefficient (Wildman–Crippen LogP) is 4.90. The number of hydrogen-bond donors (Lipinski definition) is 1. The van der Waals surface area contributed by atoms with Gasteiger partial charge in [-0.25, -0.2) is 0 Å². The van der Waals surface area contributed by atoms with Gasteiger partial charge in [-0.3, -0.25) is 9.78 Å². The molecule has 1 heterocycles. The van der Waals surface area contributed by atoms with Crippen LogP contribution in [-0.2, 0) is 0 Å². The van der Waals surface area contributed by atoms with E-state index in [4.69, 9.17) is 11.6 Å². The predicted molar refractivity (Wildman–Crippen MR) is 88.8 cm³/mol. The molecule has 1 N–H and O–H groups in total. The minimum atomic E-state index is -0.192. The summed E-state index contributed by atoms with van der Waals surface area (Å²) in [6.45, 7) is 0. The fraction of sp³-hybridized carbons (Fsp3) is 0. The SMILES string of the molecule is O=C(Nc1cccc2cnccc12)c1ccc(Cl)cc1Br. The van der Waals surface area contributed by atoms with Crippen LogP contribution in [0.5, 0.6) is 0 Å². The lowest BCUT2D eigenvalue weighted by Gasteiger charge is -2.09. The molecule has 3 rings (SSSR count). The first kappa shape index (κ1) is 14.0. The quantitative estimate of drug-likeness (QED) is 0.705. The van der Waals surface area contributed by atoms with Gasteiger partial charge in [0.2, 0.25) is 0 Å². The van der Waals surface area contributed by atoms with Crippen LogP contribution in [0.2, 0.25) is 5.02 Å². The Bertz CT molecular complexity index is 830. The molecule has 2 aromatic carbocycles. The van der Waals surface area contributed by atoms with Gasteiger partial charge in [0.25, 0.3) is 5.91 Å². The largest absolute Gasteiger partial charge is 0.321 e. The van der Waals surface area contributed by atoms with E-state index in [9.17, 15) is 4.79 Å². The second-order valence-corrected chi connectivity index (χ2v) is 5.77. The molecule has 3 aromatic rings. The molecule has 0 aliphatic rings. The summed E-state index contributed by atoms with van der Waals surface area (Å²) in [6.07, 6.45) is 3.47. The van der Waals surface area contributed by atoms with Crippen molar-refractivity contribution in [3.05, 3.63) is 69.9 Å². The molecule has 0 bridgehead atoms. The fourth-order valence-electron chi connectivity index (χ4n) is 2.09. The smallest absolute Gasteiger partial charge is 0.256 e. The van der Waals surface area contributed by atoms with E-state index < -0.39 is 0 Å². The van der Waals surface area contributed by atoms with Gasteiger partial charge in [-0.05, 0) is 46.3 Å². The van der Waals surface area contributed by atoms with Crippen molar-refractivity contribution in [1.29, 1.82) is 0 Å². The first-order valence-electron chi connectivity index (χ1n) is 6.24. The van der Waals surface area contributed by atoms with Gasteiger partial charge in [-0.1, -0.05) is 23.7 Å². The van der Waals surface area contributed by atoms with Gasteiger partial charge in [0.1, 0.15) is 0 Å². The summed E-state index contributed by atoms with van der Waals surface area (Å²) < 4.78 is 0.661. The standard InChI is InChI=1S/C16H10BrClN2O/c17-14-8-11(18)4-5-13(14)16(21)20-15-3-1-2-10-9-19-7-6-12(10)15/h1-9H,(H,20,21). The van der Waals surface area contributed by atoms with Gasteiger partial charge in [-0.15, -0.1) is 0 Å². The highest BCUT2D eigenvalue weighted by Crippen LogP contribution is 2.25. The number of fused-ring (bicyclic) bond motifs is 1. The average Bonchev–Trinajstić information content (AvgIpc) is 2.47. The number of pyridine rings is 1. The molecule has 104 valence electrons. The molecule has 0 saturated heterocycles. The van der Waals surface area contributed by atoms with E-state index in [-0.39, 0.29) is 5.91 Å². The average molecular weight is 362 g/mol. The van der Waals surface area contributed by atoms with E-state index in [0.717, 1.165) is 16.5 Å². The summed E-state index contributed by atoms with van der Waals surface area (Å²) in [5, 5.41) is 5.43. The molecule has 0 spiro atoms. The summed E-state index contributed by atoms with van der Waals surface area (Å²) in [4.78, 5) is 16.5. The maximum Gasteiger partial charge on any atom is 0.256 e. The number of amides is 1. The summed E-state index contributed by atoms with van der Waals surface area (Å²) in [6, 6.07) is 12.7. The van der Waals surface area contributed by atoms with Crippen molar-refractivity contribution in [2.75, 3.05) is 5.32 Å². The van der Waals surface area contributed by atoms with Crippen molar-refractivity contribution in [2.45, 2.75) is 0 Å². The Labute approximate surface area is 135 Å². The van der Waals surface area contributed by atoms with Crippen LogP contribution in [0.4, 0.5) is 5.69 Å². The molecule has 0 fully saturated rings. The minimum Gasteiger partial charge on any atom is -0.321 e. The molecule has 0 unspecified atom stereocenters. The second-order valence-electron chi connectivity index (χ2n) is 4.48. The Balaban J connectivity index is 1.97. The first-order chi connectivity index (χ1) is 10.1. The molecule has 0 atom stereocenters. The Morgan fingerprint density at radius 3 is 2.86 bits per heavy atom. The monoisotopic (exact) mass is 360 g/mol. The highest BCUT2D eigenvalue weighted by atomic mass is 79.9. The summed E-state index contributed by atoms with van der Waals surface area (Å²) in [7, 11) is 0. The highest BCUT2D eigenvalue weighted by molar-refractivity contribution is 9.10. The Kier molecular flexibility index (Phi) is 3.90. The molecule has 3 nitrogen and oxygen atoms in total. The molecule has 0 aliphatic carbocycles. The molecule has 1 amide bonds. The third-order valence-electron chi connectivity index (χ3n) is 3.10. The Hall–Kier alpha value is -1.91. The zero-order valence-electron chi connectivity index (χ0n) is 10.8. The fourth-order valence-corrected chi connectivity index (χ4v) is 2.96. The van der Waals surface area contributed by atoms with Crippen LogP contribution in [0.15, 0.2) is 59.3 Å². The van der Waals surface area contributed by atoms with Crippen LogP contribution >= 0.6 is 27.5 Å². The van der Waals surface area contributed by atoms with E-state index in [0.29, 0.717) is 15.1 Å². The summed E-state index contributed by atoms with van der Waals surface area (Å²) in [5.74, 6) is -0.192. The van der Waals surface area contributed by atoms with Gasteiger partial charge in [0.05, 0.1) is 5.56 Å². The van der Waals surface area contributed by atoms with Gasteiger partial charge < -0.3 is 5.32 Å². The third kappa shape index (κ3) is 2.91. The molecule has 21 heavy (non-hydrogen) atoms.